The predicted octanol–water partition coefficient (Wildman–Crippen LogP) is 3.90. The summed E-state index contributed by atoms with van der Waals surface area (Å²) in [6, 6.07) is 6.50. The van der Waals surface area contributed by atoms with Crippen molar-refractivity contribution in [1.29, 1.82) is 0 Å². The number of hydrogen-bond donors (Lipinski definition) is 3. The van der Waals surface area contributed by atoms with Gasteiger partial charge in [0.15, 0.2) is 0 Å². The molecular weight excluding hydrogens is 492 g/mol. The van der Waals surface area contributed by atoms with Crippen LogP contribution in [0.2, 0.25) is 5.02 Å². The van der Waals surface area contributed by atoms with Crippen LogP contribution in [0.4, 0.5) is 4.79 Å². The van der Waals surface area contributed by atoms with Crippen LogP contribution in [0.5, 0.6) is 0 Å². The minimum Gasteiger partial charge on any atom is -0.444 e. The van der Waals surface area contributed by atoms with Gasteiger partial charge in [0.25, 0.3) is 5.91 Å². The summed E-state index contributed by atoms with van der Waals surface area (Å²) >= 11 is 6.03. The van der Waals surface area contributed by atoms with Crippen molar-refractivity contribution in [2.24, 2.45) is 5.92 Å². The average molecular weight is 535 g/mol. The number of nitrogens with zero attached hydrogens (tertiary/aromatic N) is 2. The first kappa shape index (κ1) is 28.1. The number of hydrogen-bond acceptors (Lipinski definition) is 6. The van der Waals surface area contributed by atoms with Crippen LogP contribution >= 0.6 is 11.6 Å². The van der Waals surface area contributed by atoms with E-state index in [4.69, 9.17) is 16.3 Å². The first-order chi connectivity index (χ1) is 17.5. The molecule has 1 aliphatic carbocycles. The number of carbonyl (C=O) groups excluding carboxylic acids is 2. The average Bonchev–Trinajstić information content (AvgIpc) is 2.83. The molecule has 3 aliphatic rings. The summed E-state index contributed by atoms with van der Waals surface area (Å²) in [6.45, 7) is 8.39. The Labute approximate surface area is 226 Å². The summed E-state index contributed by atoms with van der Waals surface area (Å²) in [7, 11) is 0. The van der Waals surface area contributed by atoms with E-state index in [1.165, 1.54) is 32.1 Å². The molecule has 1 saturated carbocycles. The van der Waals surface area contributed by atoms with E-state index in [0.717, 1.165) is 44.6 Å². The molecule has 0 radical (unpaired) electrons. The van der Waals surface area contributed by atoms with Gasteiger partial charge < -0.3 is 15.2 Å². The van der Waals surface area contributed by atoms with Gasteiger partial charge in [-0.15, -0.1) is 0 Å². The Bertz CT molecular complexity index is 915. The van der Waals surface area contributed by atoms with Crippen molar-refractivity contribution < 1.29 is 19.4 Å². The number of alkyl carbamates (subject to hydrolysis) is 1. The third-order valence-corrected chi connectivity index (χ3v) is 8.37. The van der Waals surface area contributed by atoms with Crippen molar-refractivity contribution in [3.8, 4) is 0 Å². The van der Waals surface area contributed by atoms with Gasteiger partial charge in [-0.1, -0.05) is 43.0 Å². The second-order valence-corrected chi connectivity index (χ2v) is 12.4. The lowest BCUT2D eigenvalue weighted by Gasteiger charge is -2.58. The van der Waals surface area contributed by atoms with Gasteiger partial charge in [0.05, 0.1) is 6.10 Å². The lowest BCUT2D eigenvalue weighted by atomic mass is 9.68. The van der Waals surface area contributed by atoms with E-state index in [1.54, 1.807) is 32.9 Å². The molecule has 0 spiro atoms. The normalized spacial score (nSPS) is 22.6. The quantitative estimate of drug-likeness (QED) is 0.491. The van der Waals surface area contributed by atoms with E-state index >= 15 is 0 Å². The summed E-state index contributed by atoms with van der Waals surface area (Å²) in [6.07, 6.45) is 7.81. The number of hydrazine groups is 1. The summed E-state index contributed by atoms with van der Waals surface area (Å²) in [5.41, 5.74) is 3.42. The van der Waals surface area contributed by atoms with Crippen molar-refractivity contribution in [3.63, 3.8) is 0 Å². The number of piperidine rings is 1. The fourth-order valence-corrected chi connectivity index (χ4v) is 6.32. The SMILES string of the molecule is CC(C)(C)OC(=O)N[C@H](Cc1ccc(Cl)cc1)C(=O)NN1CCC(C2CCCCC2)(N2CC(O)C2)CC1. The number of β-amino-alcohol motifs (C(OH)–C–C–N with tert-alkyl or cyclic N) is 1. The molecule has 206 valence electrons. The zero-order chi connectivity index (χ0) is 26.6. The highest BCUT2D eigenvalue weighted by atomic mass is 35.5. The zero-order valence-electron chi connectivity index (χ0n) is 22.5. The Morgan fingerprint density at radius 3 is 2.30 bits per heavy atom. The maximum absolute atomic E-state index is 13.4. The van der Waals surface area contributed by atoms with Gasteiger partial charge in [0.2, 0.25) is 0 Å². The van der Waals surface area contributed by atoms with E-state index in [0.29, 0.717) is 17.4 Å². The van der Waals surface area contributed by atoms with Gasteiger partial charge in [0.1, 0.15) is 11.6 Å². The monoisotopic (exact) mass is 534 g/mol. The number of aliphatic hydroxyl groups excluding tert-OH is 1. The Morgan fingerprint density at radius 2 is 1.73 bits per heavy atom. The van der Waals surface area contributed by atoms with E-state index in [-0.39, 0.29) is 17.6 Å². The van der Waals surface area contributed by atoms with Gasteiger partial charge in [-0.3, -0.25) is 15.1 Å². The zero-order valence-corrected chi connectivity index (χ0v) is 23.2. The van der Waals surface area contributed by atoms with E-state index < -0.39 is 17.7 Å². The van der Waals surface area contributed by atoms with Crippen molar-refractivity contribution in [2.45, 2.75) is 95.4 Å². The van der Waals surface area contributed by atoms with Crippen LogP contribution in [0.25, 0.3) is 0 Å². The molecule has 1 aromatic carbocycles. The lowest BCUT2D eigenvalue weighted by Crippen LogP contribution is -2.69. The van der Waals surface area contributed by atoms with Crippen molar-refractivity contribution in [1.82, 2.24) is 20.7 Å². The van der Waals surface area contributed by atoms with Crippen LogP contribution in [-0.2, 0) is 16.0 Å². The topological polar surface area (TPSA) is 94.1 Å². The Kier molecular flexibility index (Phi) is 9.04. The number of nitrogens with one attached hydrogen (secondary N) is 2. The molecule has 1 atom stereocenters. The minimum atomic E-state index is -0.786. The first-order valence-electron chi connectivity index (χ1n) is 13.8. The first-order valence-corrected chi connectivity index (χ1v) is 14.1. The molecule has 2 heterocycles. The van der Waals surface area contributed by atoms with Crippen LogP contribution < -0.4 is 10.7 Å². The van der Waals surface area contributed by atoms with Crippen molar-refractivity contribution >= 4 is 23.6 Å². The summed E-state index contributed by atoms with van der Waals surface area (Å²) in [5, 5.41) is 15.4. The lowest BCUT2D eigenvalue weighted by molar-refractivity contribution is -0.137. The molecular formula is C28H43ClN4O4. The van der Waals surface area contributed by atoms with Crippen LogP contribution in [0.1, 0.15) is 71.3 Å². The number of amides is 2. The molecule has 37 heavy (non-hydrogen) atoms. The van der Waals surface area contributed by atoms with Crippen LogP contribution in [-0.4, -0.2) is 76.5 Å². The second kappa shape index (κ2) is 11.9. The molecule has 3 N–H and O–H groups in total. The molecule has 2 saturated heterocycles. The molecule has 8 nitrogen and oxygen atoms in total. The van der Waals surface area contributed by atoms with Crippen molar-refractivity contribution in [3.05, 3.63) is 34.9 Å². The highest BCUT2D eigenvalue weighted by molar-refractivity contribution is 6.30. The Morgan fingerprint density at radius 1 is 1.11 bits per heavy atom. The molecule has 3 fully saturated rings. The smallest absolute Gasteiger partial charge is 0.408 e. The largest absolute Gasteiger partial charge is 0.444 e. The van der Waals surface area contributed by atoms with E-state index in [2.05, 4.69) is 15.6 Å². The number of ether oxygens (including phenoxy) is 1. The molecule has 9 heteroatoms. The number of carbonyl (C=O) groups is 2. The predicted molar refractivity (Wildman–Crippen MR) is 144 cm³/mol. The maximum atomic E-state index is 13.4. The van der Waals surface area contributed by atoms with Gasteiger partial charge in [-0.25, -0.2) is 9.80 Å². The number of likely N-dealkylation sites (tertiary alicyclic amines) is 1. The van der Waals surface area contributed by atoms with Crippen molar-refractivity contribution in [2.75, 3.05) is 26.2 Å². The van der Waals surface area contributed by atoms with Gasteiger partial charge in [0, 0.05) is 43.2 Å². The highest BCUT2D eigenvalue weighted by Crippen LogP contribution is 2.44. The summed E-state index contributed by atoms with van der Waals surface area (Å²) in [4.78, 5) is 28.4. The van der Waals surface area contributed by atoms with Gasteiger partial charge >= 0.3 is 6.09 Å². The van der Waals surface area contributed by atoms with Gasteiger partial charge in [-0.05, 0) is 70.1 Å². The third kappa shape index (κ3) is 7.37. The van der Waals surface area contributed by atoms with Crippen LogP contribution in [0, 0.1) is 5.92 Å². The van der Waals surface area contributed by atoms with E-state index in [1.807, 2.05) is 17.1 Å². The molecule has 4 rings (SSSR count). The number of halogens is 1. The fraction of sp³-hybridized carbons (Fsp3) is 0.714. The molecule has 2 aliphatic heterocycles. The minimum absolute atomic E-state index is 0.109. The number of aliphatic hydroxyl groups is 1. The fourth-order valence-electron chi connectivity index (χ4n) is 6.20. The summed E-state index contributed by atoms with van der Waals surface area (Å²) in [5.74, 6) is 0.392. The number of benzene rings is 1. The molecule has 2 amide bonds. The molecule has 0 unspecified atom stereocenters. The molecule has 1 aromatic rings. The Hall–Kier alpha value is -1.87. The maximum Gasteiger partial charge on any atom is 0.408 e. The van der Waals surface area contributed by atoms with E-state index in [9.17, 15) is 14.7 Å². The van der Waals surface area contributed by atoms with Crippen LogP contribution in [0.15, 0.2) is 24.3 Å². The second-order valence-electron chi connectivity index (χ2n) is 12.0. The Balaban J connectivity index is 1.40. The number of rotatable bonds is 7. The third-order valence-electron chi connectivity index (χ3n) is 8.12. The van der Waals surface area contributed by atoms with Gasteiger partial charge in [-0.2, -0.15) is 0 Å². The summed E-state index contributed by atoms with van der Waals surface area (Å²) < 4.78 is 5.42. The highest BCUT2D eigenvalue weighted by Gasteiger charge is 2.49. The molecule has 0 aromatic heterocycles. The standard InChI is InChI=1S/C28H43ClN4O4/c1-27(2,3)37-26(36)30-24(17-20-9-11-22(29)12-10-20)25(35)31-33-15-13-28(14-16-33,32-18-23(34)19-32)21-7-5-4-6-8-21/h9-12,21,23-24,34H,4-8,13-19H2,1-3H3,(H,30,36)(H,31,35)/t24-/m1/s1. The van der Waals surface area contributed by atoms with Crippen LogP contribution in [0.3, 0.4) is 0 Å². The molecule has 0 bridgehead atoms.